The van der Waals surface area contributed by atoms with Crippen molar-refractivity contribution in [2.45, 2.75) is 13.3 Å². The van der Waals surface area contributed by atoms with Crippen molar-refractivity contribution in [2.75, 3.05) is 29.8 Å². The van der Waals surface area contributed by atoms with E-state index < -0.39 is 29.7 Å². The molecule has 3 amide bonds. The summed E-state index contributed by atoms with van der Waals surface area (Å²) >= 11 is 12.4. The summed E-state index contributed by atoms with van der Waals surface area (Å²) in [4.78, 5) is 63.7. The van der Waals surface area contributed by atoms with E-state index >= 15 is 0 Å². The fraction of sp³-hybridized carbons (Fsp3) is 0.138. The Balaban J connectivity index is 1.46. The molecule has 210 valence electrons. The number of hydrogen-bond donors (Lipinski definition) is 2. The van der Waals surface area contributed by atoms with Crippen molar-refractivity contribution in [2.24, 2.45) is 0 Å². The van der Waals surface area contributed by atoms with Gasteiger partial charge in [-0.1, -0.05) is 41.4 Å². The molecule has 0 saturated heterocycles. The number of nitrogens with one attached hydrogen (secondary N) is 2. The highest BCUT2D eigenvalue weighted by atomic mass is 35.5. The van der Waals surface area contributed by atoms with E-state index in [9.17, 15) is 24.0 Å². The molecule has 1 aliphatic heterocycles. The Kier molecular flexibility index (Phi) is 8.75. The van der Waals surface area contributed by atoms with Gasteiger partial charge in [0.15, 0.2) is 0 Å². The van der Waals surface area contributed by atoms with Gasteiger partial charge in [0, 0.05) is 10.7 Å². The van der Waals surface area contributed by atoms with Crippen LogP contribution in [-0.4, -0.2) is 43.9 Å². The summed E-state index contributed by atoms with van der Waals surface area (Å²) in [5.74, 6) is -3.11. The minimum absolute atomic E-state index is 0.0657. The van der Waals surface area contributed by atoms with Gasteiger partial charge in [-0.3, -0.25) is 14.4 Å². The molecule has 0 spiro atoms. The normalized spacial score (nSPS) is 12.9. The van der Waals surface area contributed by atoms with Crippen LogP contribution in [0.2, 0.25) is 5.02 Å². The average Bonchev–Trinajstić information content (AvgIpc) is 3.17. The van der Waals surface area contributed by atoms with Gasteiger partial charge < -0.3 is 20.1 Å². The minimum Gasteiger partial charge on any atom is -0.465 e. The van der Waals surface area contributed by atoms with Crippen LogP contribution in [0.4, 0.5) is 17.1 Å². The number of imide groups is 1. The zero-order valence-corrected chi connectivity index (χ0v) is 23.6. The number of halogens is 2. The Morgan fingerprint density at radius 3 is 2.22 bits per heavy atom. The Labute approximate surface area is 244 Å². The SMILES string of the molecule is COC(=O)c1ccc(C(=O)OC)c(NC(=O)Cc2ccc(NC3=C(Cl)C(=O)N(c4cccc(Cl)c4C)C3=O)cc2)c1. The highest BCUT2D eigenvalue weighted by Gasteiger charge is 2.39. The highest BCUT2D eigenvalue weighted by molar-refractivity contribution is 6.53. The van der Waals surface area contributed by atoms with Crippen LogP contribution in [0.5, 0.6) is 0 Å². The fourth-order valence-electron chi connectivity index (χ4n) is 4.08. The highest BCUT2D eigenvalue weighted by Crippen LogP contribution is 2.34. The molecule has 0 bridgehead atoms. The maximum Gasteiger partial charge on any atom is 0.339 e. The second-order valence-electron chi connectivity index (χ2n) is 8.81. The van der Waals surface area contributed by atoms with E-state index in [1.54, 1.807) is 49.4 Å². The van der Waals surface area contributed by atoms with Crippen molar-refractivity contribution in [3.63, 3.8) is 0 Å². The first-order chi connectivity index (χ1) is 19.5. The van der Waals surface area contributed by atoms with E-state index in [2.05, 4.69) is 10.6 Å². The van der Waals surface area contributed by atoms with E-state index in [0.717, 1.165) is 4.90 Å². The minimum atomic E-state index is -0.691. The van der Waals surface area contributed by atoms with Crippen molar-refractivity contribution >= 4 is 69.9 Å². The largest absolute Gasteiger partial charge is 0.465 e. The van der Waals surface area contributed by atoms with Crippen LogP contribution in [-0.2, 0) is 30.3 Å². The predicted octanol–water partition coefficient (Wildman–Crippen LogP) is 4.84. The summed E-state index contributed by atoms with van der Waals surface area (Å²) in [5.41, 5.74) is 2.14. The van der Waals surface area contributed by atoms with Gasteiger partial charge in [-0.25, -0.2) is 14.5 Å². The first-order valence-corrected chi connectivity index (χ1v) is 12.8. The van der Waals surface area contributed by atoms with Crippen LogP contribution in [0.1, 0.15) is 31.8 Å². The second-order valence-corrected chi connectivity index (χ2v) is 9.59. The number of amides is 3. The zero-order chi connectivity index (χ0) is 29.8. The summed E-state index contributed by atoms with van der Waals surface area (Å²) in [6, 6.07) is 15.5. The summed E-state index contributed by atoms with van der Waals surface area (Å²) in [6.45, 7) is 1.69. The standard InChI is InChI=1S/C29H23Cl2N3O7/c1-15-20(30)5-4-6-22(15)34-26(36)24(31)25(27(34)37)32-18-10-7-16(8-11-18)13-23(35)33-21-14-17(28(38)40-2)9-12-19(21)29(39)41-3/h4-12,14,32H,13H2,1-3H3,(H,33,35). The van der Waals surface area contributed by atoms with Crippen molar-refractivity contribution in [1.29, 1.82) is 0 Å². The molecule has 0 saturated carbocycles. The van der Waals surface area contributed by atoms with Crippen LogP contribution in [0.3, 0.4) is 0 Å². The lowest BCUT2D eigenvalue weighted by Crippen LogP contribution is -2.32. The summed E-state index contributed by atoms with van der Waals surface area (Å²) < 4.78 is 9.46. The van der Waals surface area contributed by atoms with Crippen molar-refractivity contribution < 1.29 is 33.4 Å². The van der Waals surface area contributed by atoms with E-state index in [1.165, 1.54) is 32.4 Å². The number of methoxy groups -OCH3 is 2. The van der Waals surface area contributed by atoms with Gasteiger partial charge in [-0.2, -0.15) is 0 Å². The van der Waals surface area contributed by atoms with Crippen LogP contribution in [0, 0.1) is 6.92 Å². The van der Waals surface area contributed by atoms with E-state index in [-0.39, 0.29) is 34.0 Å². The molecule has 10 nitrogen and oxygen atoms in total. The molecule has 4 rings (SSSR count). The number of nitrogens with zero attached hydrogens (tertiary/aromatic N) is 1. The van der Waals surface area contributed by atoms with Gasteiger partial charge in [-0.05, 0) is 60.5 Å². The van der Waals surface area contributed by atoms with Crippen molar-refractivity contribution in [1.82, 2.24) is 0 Å². The van der Waals surface area contributed by atoms with E-state index in [1.807, 2.05) is 0 Å². The third kappa shape index (κ3) is 6.08. The molecule has 0 unspecified atom stereocenters. The Bertz CT molecular complexity index is 1620. The van der Waals surface area contributed by atoms with E-state index in [0.29, 0.717) is 27.5 Å². The smallest absolute Gasteiger partial charge is 0.339 e. The maximum atomic E-state index is 13.1. The van der Waals surface area contributed by atoms with Gasteiger partial charge in [0.25, 0.3) is 11.8 Å². The third-order valence-electron chi connectivity index (χ3n) is 6.22. The molecule has 0 aliphatic carbocycles. The quantitative estimate of drug-likeness (QED) is 0.279. The summed E-state index contributed by atoms with van der Waals surface area (Å²) in [7, 11) is 2.42. The molecule has 1 aliphatic rings. The number of carbonyl (C=O) groups is 5. The molecular formula is C29H23Cl2N3O7. The van der Waals surface area contributed by atoms with Gasteiger partial charge in [0.05, 0.1) is 43.1 Å². The lowest BCUT2D eigenvalue weighted by Gasteiger charge is -2.18. The third-order valence-corrected chi connectivity index (χ3v) is 6.98. The van der Waals surface area contributed by atoms with Crippen LogP contribution in [0.15, 0.2) is 71.4 Å². The molecule has 0 atom stereocenters. The number of anilines is 3. The van der Waals surface area contributed by atoms with Crippen LogP contribution >= 0.6 is 23.2 Å². The van der Waals surface area contributed by atoms with Gasteiger partial charge in [-0.15, -0.1) is 0 Å². The molecule has 0 fully saturated rings. The molecular weight excluding hydrogens is 573 g/mol. The molecule has 2 N–H and O–H groups in total. The molecule has 41 heavy (non-hydrogen) atoms. The topological polar surface area (TPSA) is 131 Å². The van der Waals surface area contributed by atoms with Crippen LogP contribution in [0.25, 0.3) is 0 Å². The maximum absolute atomic E-state index is 13.1. The molecule has 1 heterocycles. The van der Waals surface area contributed by atoms with Gasteiger partial charge >= 0.3 is 11.9 Å². The molecule has 3 aromatic carbocycles. The summed E-state index contributed by atoms with van der Waals surface area (Å²) in [5, 5.41) is 5.64. The lowest BCUT2D eigenvalue weighted by molar-refractivity contribution is -0.120. The van der Waals surface area contributed by atoms with E-state index in [4.69, 9.17) is 32.7 Å². The number of hydrogen-bond acceptors (Lipinski definition) is 8. The zero-order valence-electron chi connectivity index (χ0n) is 22.0. The predicted molar refractivity (Wildman–Crippen MR) is 153 cm³/mol. The summed E-state index contributed by atoms with van der Waals surface area (Å²) in [6.07, 6.45) is -0.0773. The number of ether oxygens (including phenoxy) is 2. The monoisotopic (exact) mass is 595 g/mol. The van der Waals surface area contributed by atoms with Gasteiger partial charge in [0.1, 0.15) is 10.7 Å². The second kappa shape index (κ2) is 12.2. The number of carbonyl (C=O) groups excluding carboxylic acids is 5. The Hall–Kier alpha value is -4.67. The van der Waals surface area contributed by atoms with Crippen molar-refractivity contribution in [3.05, 3.63) is 98.7 Å². The number of rotatable bonds is 8. The first kappa shape index (κ1) is 29.3. The molecule has 0 radical (unpaired) electrons. The Morgan fingerprint density at radius 2 is 1.56 bits per heavy atom. The lowest BCUT2D eigenvalue weighted by atomic mass is 10.1. The molecule has 3 aromatic rings. The van der Waals surface area contributed by atoms with Crippen molar-refractivity contribution in [3.8, 4) is 0 Å². The first-order valence-electron chi connectivity index (χ1n) is 12.1. The molecule has 12 heteroatoms. The number of esters is 2. The Morgan fingerprint density at radius 1 is 0.878 bits per heavy atom. The van der Waals surface area contributed by atoms with Gasteiger partial charge in [0.2, 0.25) is 5.91 Å². The molecule has 0 aromatic heterocycles. The van der Waals surface area contributed by atoms with Crippen LogP contribution < -0.4 is 15.5 Å². The fourth-order valence-corrected chi connectivity index (χ4v) is 4.46. The average molecular weight is 596 g/mol. The number of benzene rings is 3.